The fraction of sp³-hybridized carbons (Fsp3) is 0.471. The Morgan fingerprint density at radius 2 is 2.04 bits per heavy atom. The van der Waals surface area contributed by atoms with E-state index in [4.69, 9.17) is 25.3 Å². The van der Waals surface area contributed by atoms with Crippen LogP contribution in [0.1, 0.15) is 76.1 Å². The number of hydrogen-bond donors (Lipinski definition) is 3. The van der Waals surface area contributed by atoms with Crippen LogP contribution in [0.3, 0.4) is 0 Å². The molecule has 3 aromatic heterocycles. The second-order valence-corrected chi connectivity index (χ2v) is 15.1. The zero-order valence-corrected chi connectivity index (χ0v) is 28.9. The van der Waals surface area contributed by atoms with E-state index in [1.54, 1.807) is 4.68 Å². The number of ether oxygens (including phenoxy) is 2. The quantitative estimate of drug-likeness (QED) is 0.148. The molecule has 1 aliphatic carbocycles. The van der Waals surface area contributed by atoms with Gasteiger partial charge in [0.1, 0.15) is 5.60 Å². The summed E-state index contributed by atoms with van der Waals surface area (Å²) in [5, 5.41) is 28.1. The van der Waals surface area contributed by atoms with Crippen LogP contribution in [-0.4, -0.2) is 85.8 Å². The van der Waals surface area contributed by atoms with Crippen LogP contribution >= 0.6 is 0 Å². The molecule has 0 spiro atoms. The van der Waals surface area contributed by atoms with Gasteiger partial charge in [-0.2, -0.15) is 0 Å². The standard InChI is InChI=1S/C34H42N9O3Se/c1-34(2,3)46-33(44)42(16-23-7-6-8-23)18-24-10-11-31-37-25(19-41(31)17-24)20-43-21-30(39-40-43)27-13-26(47-22-36)14-29(28(27)15-35)38-32-9-4-5-12-45-32/h10-11,13-15,17,19,21,23,32,35-36,38H,4-9,12,16,18,20H2,1-3H3. The monoisotopic (exact) mass is 704 g/mol. The molecular weight excluding hydrogens is 661 g/mol. The average molecular weight is 704 g/mol. The van der Waals surface area contributed by atoms with Crippen LogP contribution in [0.25, 0.3) is 16.9 Å². The second kappa shape index (κ2) is 14.3. The SMILES string of the molecule is CC(C)(C)OC(=O)N(Cc1ccc2nc(Cn3cc(-c4cc([Se]=C=N)cc(NC5CCCCO5)c4C=N)nn3)cn2c1)CC1CCC1. The van der Waals surface area contributed by atoms with Crippen molar-refractivity contribution in [2.24, 2.45) is 5.92 Å². The molecule has 3 N–H and O–H groups in total. The van der Waals surface area contributed by atoms with E-state index in [2.05, 4.69) is 20.3 Å². The summed E-state index contributed by atoms with van der Waals surface area (Å²) in [4.78, 5) is 19.7. The van der Waals surface area contributed by atoms with Crippen LogP contribution in [0, 0.1) is 16.7 Å². The Kier molecular flexibility index (Phi) is 9.98. The van der Waals surface area contributed by atoms with Crippen LogP contribution in [-0.2, 0) is 22.6 Å². The Morgan fingerprint density at radius 3 is 2.74 bits per heavy atom. The normalized spacial score (nSPS) is 16.7. The number of carbonyl (C=O) groups excluding carboxylic acids is 1. The number of hydrogen-bond acceptors (Lipinski definition) is 9. The first-order valence-electron chi connectivity index (χ1n) is 16.2. The van der Waals surface area contributed by atoms with E-state index in [0.29, 0.717) is 43.4 Å². The summed E-state index contributed by atoms with van der Waals surface area (Å²) in [6.07, 6.45) is 13.4. The average Bonchev–Trinajstić information content (AvgIpc) is 3.64. The number of aromatic nitrogens is 5. The van der Waals surface area contributed by atoms with Gasteiger partial charge in [-0.05, 0) is 39.5 Å². The maximum Gasteiger partial charge on any atom is 0.0270 e. The maximum atomic E-state index is 13.1. The fourth-order valence-corrected chi connectivity index (χ4v) is 6.91. The first-order valence-corrected chi connectivity index (χ1v) is 17.9. The number of fused-ring (bicyclic) bond motifs is 1. The molecule has 4 aromatic rings. The summed E-state index contributed by atoms with van der Waals surface area (Å²) in [6.45, 7) is 7.98. The molecule has 247 valence electrons. The van der Waals surface area contributed by atoms with Gasteiger partial charge in [0, 0.05) is 6.54 Å². The number of anilines is 1. The summed E-state index contributed by atoms with van der Waals surface area (Å²) in [5.41, 5.74) is 4.97. The predicted molar refractivity (Wildman–Crippen MR) is 182 cm³/mol. The minimum atomic E-state index is -0.549. The molecule has 13 heteroatoms. The second-order valence-electron chi connectivity index (χ2n) is 13.3. The Labute approximate surface area is 280 Å². The third kappa shape index (κ3) is 8.23. The Bertz CT molecular complexity index is 1790. The number of nitrogens with one attached hydrogen (secondary N) is 3. The summed E-state index contributed by atoms with van der Waals surface area (Å²) < 4.78 is 18.8. The van der Waals surface area contributed by atoms with Gasteiger partial charge >= 0.3 is 202 Å². The first-order chi connectivity index (χ1) is 22.7. The van der Waals surface area contributed by atoms with E-state index >= 15 is 0 Å². The molecule has 47 heavy (non-hydrogen) atoms. The molecule has 1 atom stereocenters. The van der Waals surface area contributed by atoms with Crippen LogP contribution in [0.4, 0.5) is 10.5 Å². The van der Waals surface area contributed by atoms with E-state index < -0.39 is 5.60 Å². The summed E-state index contributed by atoms with van der Waals surface area (Å²) >= 11 is -0.272. The van der Waals surface area contributed by atoms with Gasteiger partial charge in [-0.1, -0.05) is 6.42 Å². The molecule has 6 rings (SSSR count). The van der Waals surface area contributed by atoms with Crippen molar-refractivity contribution in [3.63, 3.8) is 0 Å². The molecule has 1 saturated carbocycles. The fourth-order valence-electron chi connectivity index (χ4n) is 5.92. The van der Waals surface area contributed by atoms with E-state index in [9.17, 15) is 4.79 Å². The molecule has 1 aliphatic heterocycles. The van der Waals surface area contributed by atoms with Gasteiger partial charge in [-0.25, -0.2) is 4.79 Å². The molecule has 0 bridgehead atoms. The summed E-state index contributed by atoms with van der Waals surface area (Å²) in [5.74, 6) is 0.528. The van der Waals surface area contributed by atoms with Crippen LogP contribution in [0.2, 0.25) is 0 Å². The molecule has 12 nitrogen and oxygen atoms in total. The Balaban J connectivity index is 1.20. The minimum Gasteiger partial charge on any atom is -0.0526 e. The van der Waals surface area contributed by atoms with Crippen molar-refractivity contribution >= 4 is 47.3 Å². The molecule has 2 aliphatic rings. The molecule has 2 fully saturated rings. The number of rotatable bonds is 11. The van der Waals surface area contributed by atoms with Gasteiger partial charge in [0.15, 0.2) is 0 Å². The Hall–Kier alpha value is -4.15. The molecule has 1 saturated heterocycles. The number of imidazole rings is 1. The van der Waals surface area contributed by atoms with Gasteiger partial charge in [0.05, 0.1) is 6.54 Å². The van der Waals surface area contributed by atoms with Crippen molar-refractivity contribution < 1.29 is 14.3 Å². The van der Waals surface area contributed by atoms with Gasteiger partial charge in [-0.15, -0.1) is 0 Å². The molecule has 1 amide bonds. The van der Waals surface area contributed by atoms with Gasteiger partial charge in [0.25, 0.3) is 0 Å². The van der Waals surface area contributed by atoms with Crippen LogP contribution in [0.15, 0.2) is 42.9 Å². The Morgan fingerprint density at radius 1 is 1.19 bits per heavy atom. The largest absolute Gasteiger partial charge is 0.0526 e. The van der Waals surface area contributed by atoms with Gasteiger partial charge < -0.3 is 9.64 Å². The molecule has 1 aromatic carbocycles. The summed E-state index contributed by atoms with van der Waals surface area (Å²) in [6, 6.07) is 7.94. The zero-order chi connectivity index (χ0) is 33.0. The number of amides is 1. The van der Waals surface area contributed by atoms with Crippen LogP contribution < -0.4 is 9.78 Å². The minimum absolute atomic E-state index is 0.114. The summed E-state index contributed by atoms with van der Waals surface area (Å²) in [7, 11) is 0. The van der Waals surface area contributed by atoms with E-state index in [1.807, 2.05) is 72.9 Å². The zero-order valence-electron chi connectivity index (χ0n) is 27.2. The van der Waals surface area contributed by atoms with Crippen molar-refractivity contribution in [2.45, 2.75) is 84.2 Å². The van der Waals surface area contributed by atoms with Crippen molar-refractivity contribution in [1.82, 2.24) is 29.3 Å². The molecule has 4 heterocycles. The maximum absolute atomic E-state index is 13.1. The van der Waals surface area contributed by atoms with E-state index in [0.717, 1.165) is 64.7 Å². The number of carbonyl (C=O) groups is 1. The van der Waals surface area contributed by atoms with Crippen LogP contribution in [0.5, 0.6) is 0 Å². The molecular formula is C34H42N9O3Se. The smallest absolute Gasteiger partial charge is 0.0270 e. The third-order valence-corrected chi connectivity index (χ3v) is 9.60. The van der Waals surface area contributed by atoms with E-state index in [1.165, 1.54) is 12.6 Å². The molecule has 1 unspecified atom stereocenters. The number of pyridine rings is 1. The number of nitrogens with zero attached hydrogens (tertiary/aromatic N) is 6. The van der Waals surface area contributed by atoms with Crippen molar-refractivity contribution in [2.75, 3.05) is 18.5 Å². The van der Waals surface area contributed by atoms with E-state index in [-0.39, 0.29) is 26.8 Å². The van der Waals surface area contributed by atoms with Crippen molar-refractivity contribution in [3.05, 3.63) is 59.7 Å². The number of benzene rings is 1. The first kappa shape index (κ1) is 32.8. The topological polar surface area (TPSA) is 147 Å². The van der Waals surface area contributed by atoms with Gasteiger partial charge in [0.2, 0.25) is 0 Å². The van der Waals surface area contributed by atoms with Crippen molar-refractivity contribution in [3.8, 4) is 11.3 Å². The van der Waals surface area contributed by atoms with Crippen molar-refractivity contribution in [1.29, 1.82) is 10.8 Å². The molecule has 1 radical (unpaired) electrons. The predicted octanol–water partition coefficient (Wildman–Crippen LogP) is 4.93. The third-order valence-electron chi connectivity index (χ3n) is 8.39. The van der Waals surface area contributed by atoms with Gasteiger partial charge in [-0.3, -0.25) is 0 Å².